The van der Waals surface area contributed by atoms with Crippen LogP contribution in [-0.2, 0) is 15.7 Å². The first-order valence-corrected chi connectivity index (χ1v) is 18.0. The van der Waals surface area contributed by atoms with Crippen molar-refractivity contribution in [1.29, 1.82) is 0 Å². The summed E-state index contributed by atoms with van der Waals surface area (Å²) in [5, 5.41) is 7.36. The van der Waals surface area contributed by atoms with Gasteiger partial charge in [0.05, 0.1) is 18.8 Å². The van der Waals surface area contributed by atoms with E-state index in [1.54, 1.807) is 12.1 Å². The van der Waals surface area contributed by atoms with Crippen LogP contribution in [0.4, 0.5) is 13.2 Å². The molecule has 4 atom stereocenters. The number of ether oxygens (including phenoxy) is 3. The molecule has 2 aromatic carbocycles. The van der Waals surface area contributed by atoms with E-state index in [1.807, 2.05) is 12.1 Å². The van der Waals surface area contributed by atoms with Crippen molar-refractivity contribution < 1.29 is 27.4 Å². The summed E-state index contributed by atoms with van der Waals surface area (Å²) in [5.74, 6) is 2.55. The molecule has 5 rings (SSSR count). The van der Waals surface area contributed by atoms with Gasteiger partial charge in [0.1, 0.15) is 23.0 Å². The third-order valence-electron chi connectivity index (χ3n) is 9.73. The normalized spacial score (nSPS) is 24.0. The maximum absolute atomic E-state index is 13.4. The monoisotopic (exact) mass is 654 g/mol. The second kappa shape index (κ2) is 18.0. The Hall–Kier alpha value is -2.97. The Bertz CT molecular complexity index is 1290. The lowest BCUT2D eigenvalue weighted by atomic mass is 9.78. The molecule has 2 fully saturated rings. The molecule has 2 N–H and O–H groups in total. The predicted octanol–water partition coefficient (Wildman–Crippen LogP) is 10.0. The van der Waals surface area contributed by atoms with E-state index in [2.05, 4.69) is 35.8 Å². The van der Waals surface area contributed by atoms with Gasteiger partial charge in [-0.1, -0.05) is 63.6 Å². The summed E-state index contributed by atoms with van der Waals surface area (Å²) in [6, 6.07) is 13.7. The number of unbranched alkanes of at least 4 members (excludes halogenated alkanes) is 1. The Morgan fingerprint density at radius 1 is 0.766 bits per heavy atom. The maximum Gasteiger partial charge on any atom is 0.416 e. The maximum atomic E-state index is 13.4. The lowest BCUT2D eigenvalue weighted by Gasteiger charge is -2.32. The van der Waals surface area contributed by atoms with Gasteiger partial charge < -0.3 is 24.8 Å². The van der Waals surface area contributed by atoms with Crippen molar-refractivity contribution in [2.24, 2.45) is 5.92 Å². The Kier molecular flexibility index (Phi) is 13.5. The van der Waals surface area contributed by atoms with Crippen molar-refractivity contribution in [2.45, 2.75) is 115 Å². The largest absolute Gasteiger partial charge is 0.497 e. The first kappa shape index (κ1) is 35.3. The van der Waals surface area contributed by atoms with Crippen LogP contribution >= 0.6 is 0 Å². The second-order valence-corrected chi connectivity index (χ2v) is 13.4. The van der Waals surface area contributed by atoms with Crippen LogP contribution in [-0.4, -0.2) is 38.4 Å². The number of halogens is 3. The van der Waals surface area contributed by atoms with Gasteiger partial charge in [0.15, 0.2) is 0 Å². The average molecular weight is 655 g/mol. The van der Waals surface area contributed by atoms with E-state index >= 15 is 0 Å². The number of alkyl halides is 3. The Balaban J connectivity index is 1.36. The topological polar surface area (TPSA) is 51.8 Å². The van der Waals surface area contributed by atoms with Crippen LogP contribution in [0.1, 0.15) is 107 Å². The highest BCUT2D eigenvalue weighted by atomic mass is 19.4. The fourth-order valence-electron chi connectivity index (χ4n) is 7.07. The van der Waals surface area contributed by atoms with E-state index in [-0.39, 0.29) is 17.6 Å². The van der Waals surface area contributed by atoms with Crippen molar-refractivity contribution in [1.82, 2.24) is 10.6 Å². The van der Waals surface area contributed by atoms with Gasteiger partial charge in [-0.05, 0) is 100 Å². The van der Waals surface area contributed by atoms with Gasteiger partial charge in [0.25, 0.3) is 0 Å². The van der Waals surface area contributed by atoms with Crippen LogP contribution in [0.5, 0.6) is 11.5 Å². The Labute approximate surface area is 279 Å². The Morgan fingerprint density at radius 3 is 2.11 bits per heavy atom. The number of allylic oxidation sites excluding steroid dienone is 3. The fourth-order valence-corrected chi connectivity index (χ4v) is 7.07. The molecule has 3 aliphatic rings. The van der Waals surface area contributed by atoms with Gasteiger partial charge in [0.2, 0.25) is 0 Å². The highest BCUT2D eigenvalue weighted by Gasteiger charge is 2.32. The van der Waals surface area contributed by atoms with Gasteiger partial charge >= 0.3 is 6.18 Å². The Morgan fingerprint density at radius 2 is 1.43 bits per heavy atom. The van der Waals surface area contributed by atoms with E-state index in [1.165, 1.54) is 57.4 Å². The molecule has 8 heteroatoms. The molecule has 2 aliphatic heterocycles. The molecule has 0 bridgehead atoms. The lowest BCUT2D eigenvalue weighted by Crippen LogP contribution is -2.30. The molecule has 4 unspecified atom stereocenters. The van der Waals surface area contributed by atoms with Crippen LogP contribution in [0.2, 0.25) is 0 Å². The molecule has 47 heavy (non-hydrogen) atoms. The second-order valence-electron chi connectivity index (χ2n) is 13.4. The van der Waals surface area contributed by atoms with Gasteiger partial charge in [-0.25, -0.2) is 0 Å². The summed E-state index contributed by atoms with van der Waals surface area (Å²) in [6.07, 6.45) is 14.8. The number of nitrogens with one attached hydrogen (secondary N) is 2. The molecule has 0 spiro atoms. The minimum atomic E-state index is -4.43. The molecular weight excluding hydrogens is 601 g/mol. The number of hydrogen-bond donors (Lipinski definition) is 2. The average Bonchev–Trinajstić information content (AvgIpc) is 3.49. The third-order valence-corrected chi connectivity index (χ3v) is 9.73. The zero-order valence-electron chi connectivity index (χ0n) is 28.0. The van der Waals surface area contributed by atoms with Crippen LogP contribution in [0, 0.1) is 5.92 Å². The smallest absolute Gasteiger partial charge is 0.416 e. The van der Waals surface area contributed by atoms with Crippen molar-refractivity contribution in [3.8, 4) is 11.5 Å². The van der Waals surface area contributed by atoms with Crippen LogP contribution in [0.25, 0.3) is 0 Å². The van der Waals surface area contributed by atoms with E-state index in [9.17, 15) is 13.2 Å². The molecule has 258 valence electrons. The summed E-state index contributed by atoms with van der Waals surface area (Å²) in [5.41, 5.74) is 0.301. The summed E-state index contributed by atoms with van der Waals surface area (Å²) in [4.78, 5) is 0. The molecule has 0 radical (unpaired) electrons. The van der Waals surface area contributed by atoms with Crippen molar-refractivity contribution in [3.63, 3.8) is 0 Å². The number of benzene rings is 2. The highest BCUT2D eigenvalue weighted by Crippen LogP contribution is 2.42. The first-order chi connectivity index (χ1) is 22.9. The predicted molar refractivity (Wildman–Crippen MR) is 182 cm³/mol. The van der Waals surface area contributed by atoms with E-state index in [0.717, 1.165) is 74.4 Å². The van der Waals surface area contributed by atoms with E-state index in [0.29, 0.717) is 31.0 Å². The summed E-state index contributed by atoms with van der Waals surface area (Å²) in [6.45, 7) is 5.63. The minimum absolute atomic E-state index is 0.0198. The quantitative estimate of drug-likeness (QED) is 0.212. The molecular formula is C39H53F3N2O3. The fraction of sp³-hybridized carbons (Fsp3) is 0.590. The molecule has 1 aliphatic carbocycles. The van der Waals surface area contributed by atoms with Gasteiger partial charge in [-0.2, -0.15) is 13.2 Å². The van der Waals surface area contributed by atoms with Crippen LogP contribution in [0.15, 0.2) is 72.2 Å². The van der Waals surface area contributed by atoms with E-state index < -0.39 is 11.7 Å². The van der Waals surface area contributed by atoms with Gasteiger partial charge in [0, 0.05) is 30.0 Å². The number of rotatable bonds is 14. The van der Waals surface area contributed by atoms with Gasteiger partial charge in [-0.15, -0.1) is 0 Å². The molecule has 0 amide bonds. The van der Waals surface area contributed by atoms with E-state index in [4.69, 9.17) is 14.2 Å². The first-order valence-electron chi connectivity index (χ1n) is 18.0. The molecule has 2 aromatic rings. The standard InChI is InChI=1S/C39H53F3N2O3/c1-2-3-18-36-37(29-12-10-16-33(25-29)47-34-17-11-13-30(26-34)39(40,41)42)27-35(45-23-19-31-14-6-4-8-21-43-31)28-38(36)46-24-20-32-15-7-5-9-22-44-32/h10-13,16-17,25-28,31-32,36-37,43-44H,2-9,14-15,18-24H2,1H3. The third kappa shape index (κ3) is 11.0. The minimum Gasteiger partial charge on any atom is -0.497 e. The summed E-state index contributed by atoms with van der Waals surface area (Å²) < 4.78 is 59.2. The molecule has 0 saturated carbocycles. The lowest BCUT2D eigenvalue weighted by molar-refractivity contribution is -0.137. The zero-order valence-corrected chi connectivity index (χ0v) is 28.0. The molecule has 0 aromatic heterocycles. The molecule has 2 heterocycles. The van der Waals surface area contributed by atoms with Crippen molar-refractivity contribution >= 4 is 0 Å². The van der Waals surface area contributed by atoms with Crippen LogP contribution < -0.4 is 15.4 Å². The summed E-state index contributed by atoms with van der Waals surface area (Å²) in [7, 11) is 0. The molecule has 2 saturated heterocycles. The van der Waals surface area contributed by atoms with Crippen LogP contribution in [0.3, 0.4) is 0 Å². The SMILES string of the molecule is CCCCC1C(OCCC2CCCCCN2)=CC(OCCC2CCCCCN2)=CC1c1cccc(Oc2cccc(C(F)(F)F)c2)c1. The van der Waals surface area contributed by atoms with Crippen molar-refractivity contribution in [3.05, 3.63) is 83.3 Å². The van der Waals surface area contributed by atoms with Gasteiger partial charge in [-0.3, -0.25) is 0 Å². The van der Waals surface area contributed by atoms with Crippen molar-refractivity contribution in [2.75, 3.05) is 26.3 Å². The number of hydrogen-bond acceptors (Lipinski definition) is 5. The highest BCUT2D eigenvalue weighted by molar-refractivity contribution is 5.41. The zero-order chi connectivity index (χ0) is 32.9. The summed E-state index contributed by atoms with van der Waals surface area (Å²) >= 11 is 0. The molecule has 5 nitrogen and oxygen atoms in total.